The lowest BCUT2D eigenvalue weighted by Gasteiger charge is -2.08. The molecular formula is C14H18BrNO2. The van der Waals surface area contributed by atoms with Crippen LogP contribution in [-0.2, 0) is 6.54 Å². The molecule has 1 aliphatic rings. The van der Waals surface area contributed by atoms with Gasteiger partial charge in [-0.2, -0.15) is 0 Å². The number of aromatic carboxylic acids is 1. The Kier molecular flexibility index (Phi) is 3.78. The first-order valence-corrected chi connectivity index (χ1v) is 6.92. The van der Waals surface area contributed by atoms with E-state index in [1.807, 2.05) is 6.07 Å². The van der Waals surface area contributed by atoms with Gasteiger partial charge in [-0.05, 0) is 42.0 Å². The monoisotopic (exact) mass is 311 g/mol. The van der Waals surface area contributed by atoms with Gasteiger partial charge in [-0.25, -0.2) is 4.79 Å². The van der Waals surface area contributed by atoms with Gasteiger partial charge in [-0.3, -0.25) is 0 Å². The number of rotatable bonds is 5. The summed E-state index contributed by atoms with van der Waals surface area (Å²) in [4.78, 5) is 10.8. The molecule has 2 rings (SSSR count). The van der Waals surface area contributed by atoms with E-state index in [0.717, 1.165) is 29.0 Å². The molecule has 0 heterocycles. The van der Waals surface area contributed by atoms with Crippen LogP contribution < -0.4 is 5.32 Å². The molecule has 0 spiro atoms. The number of carboxylic acids is 1. The van der Waals surface area contributed by atoms with Crippen molar-refractivity contribution < 1.29 is 9.90 Å². The van der Waals surface area contributed by atoms with Gasteiger partial charge in [-0.1, -0.05) is 35.8 Å². The molecule has 1 unspecified atom stereocenters. The van der Waals surface area contributed by atoms with E-state index in [0.29, 0.717) is 11.0 Å². The van der Waals surface area contributed by atoms with Crippen molar-refractivity contribution in [3.63, 3.8) is 0 Å². The van der Waals surface area contributed by atoms with Crippen LogP contribution in [-0.4, -0.2) is 17.6 Å². The molecule has 0 amide bonds. The molecule has 1 atom stereocenters. The van der Waals surface area contributed by atoms with E-state index in [4.69, 9.17) is 5.11 Å². The average molecular weight is 312 g/mol. The molecule has 0 aliphatic heterocycles. The molecule has 0 radical (unpaired) electrons. The third-order valence-electron chi connectivity index (χ3n) is 3.72. The number of hydrogen-bond acceptors (Lipinski definition) is 2. The van der Waals surface area contributed by atoms with Crippen molar-refractivity contribution in [2.24, 2.45) is 11.3 Å². The summed E-state index contributed by atoms with van der Waals surface area (Å²) in [5, 5.41) is 12.3. The standard InChI is InChI=1S/C14H18BrNO2/c1-14(2)6-11(14)8-16-7-10-4-3-9(13(17)18)5-12(10)15/h3-5,11,16H,6-8H2,1-2H3,(H,17,18). The van der Waals surface area contributed by atoms with Crippen LogP contribution in [0.3, 0.4) is 0 Å². The van der Waals surface area contributed by atoms with E-state index in [2.05, 4.69) is 35.1 Å². The van der Waals surface area contributed by atoms with Crippen LogP contribution >= 0.6 is 15.9 Å². The van der Waals surface area contributed by atoms with Gasteiger partial charge in [0.2, 0.25) is 0 Å². The fourth-order valence-electron chi connectivity index (χ4n) is 2.13. The van der Waals surface area contributed by atoms with Crippen molar-refractivity contribution in [3.05, 3.63) is 33.8 Å². The maximum absolute atomic E-state index is 10.8. The van der Waals surface area contributed by atoms with Crippen molar-refractivity contribution in [1.82, 2.24) is 5.32 Å². The summed E-state index contributed by atoms with van der Waals surface area (Å²) >= 11 is 3.42. The summed E-state index contributed by atoms with van der Waals surface area (Å²) in [7, 11) is 0. The molecule has 1 aromatic carbocycles. The van der Waals surface area contributed by atoms with E-state index in [-0.39, 0.29) is 0 Å². The zero-order valence-corrected chi connectivity index (χ0v) is 12.3. The summed E-state index contributed by atoms with van der Waals surface area (Å²) in [6, 6.07) is 5.16. The van der Waals surface area contributed by atoms with E-state index in [9.17, 15) is 4.79 Å². The van der Waals surface area contributed by atoms with Gasteiger partial charge < -0.3 is 10.4 Å². The first-order valence-electron chi connectivity index (χ1n) is 6.12. The Bertz CT molecular complexity index is 471. The molecule has 98 valence electrons. The maximum atomic E-state index is 10.8. The molecule has 0 bridgehead atoms. The fraction of sp³-hybridized carbons (Fsp3) is 0.500. The van der Waals surface area contributed by atoms with Crippen molar-refractivity contribution in [1.29, 1.82) is 0 Å². The number of hydrogen-bond donors (Lipinski definition) is 2. The second-order valence-electron chi connectivity index (χ2n) is 5.63. The highest BCUT2D eigenvalue weighted by atomic mass is 79.9. The smallest absolute Gasteiger partial charge is 0.335 e. The normalized spacial score (nSPS) is 20.7. The van der Waals surface area contributed by atoms with Crippen LogP contribution in [0.15, 0.2) is 22.7 Å². The lowest BCUT2D eigenvalue weighted by Crippen LogP contribution is -2.18. The van der Waals surface area contributed by atoms with Gasteiger partial charge in [-0.15, -0.1) is 0 Å². The summed E-state index contributed by atoms with van der Waals surface area (Å²) in [6.45, 7) is 6.38. The van der Waals surface area contributed by atoms with Crippen LogP contribution in [0.25, 0.3) is 0 Å². The molecule has 3 nitrogen and oxygen atoms in total. The Morgan fingerprint density at radius 2 is 2.22 bits per heavy atom. The average Bonchev–Trinajstić information content (AvgIpc) is 2.88. The zero-order chi connectivity index (χ0) is 13.3. The number of nitrogens with one attached hydrogen (secondary N) is 1. The molecule has 1 aromatic rings. The van der Waals surface area contributed by atoms with E-state index < -0.39 is 5.97 Å². The van der Waals surface area contributed by atoms with E-state index in [1.165, 1.54) is 6.42 Å². The van der Waals surface area contributed by atoms with Crippen LogP contribution in [0.2, 0.25) is 0 Å². The highest BCUT2D eigenvalue weighted by Gasteiger charge is 2.44. The molecular weight excluding hydrogens is 294 g/mol. The van der Waals surface area contributed by atoms with Crippen LogP contribution in [0.5, 0.6) is 0 Å². The molecule has 0 aromatic heterocycles. The highest BCUT2D eigenvalue weighted by molar-refractivity contribution is 9.10. The Balaban J connectivity index is 1.88. The van der Waals surface area contributed by atoms with Crippen molar-refractivity contribution in [3.8, 4) is 0 Å². The topological polar surface area (TPSA) is 49.3 Å². The van der Waals surface area contributed by atoms with Crippen LogP contribution in [0.4, 0.5) is 0 Å². The zero-order valence-electron chi connectivity index (χ0n) is 10.7. The molecule has 0 saturated heterocycles. The molecule has 1 saturated carbocycles. The minimum Gasteiger partial charge on any atom is -0.478 e. The summed E-state index contributed by atoms with van der Waals surface area (Å²) in [6.07, 6.45) is 1.29. The highest BCUT2D eigenvalue weighted by Crippen LogP contribution is 2.50. The van der Waals surface area contributed by atoms with Crippen LogP contribution in [0.1, 0.15) is 36.2 Å². The third kappa shape index (κ3) is 3.12. The summed E-state index contributed by atoms with van der Waals surface area (Å²) in [5.41, 5.74) is 1.91. The largest absolute Gasteiger partial charge is 0.478 e. The fourth-order valence-corrected chi connectivity index (χ4v) is 2.65. The quantitative estimate of drug-likeness (QED) is 0.877. The predicted octanol–water partition coefficient (Wildman–Crippen LogP) is 3.28. The van der Waals surface area contributed by atoms with Crippen molar-refractivity contribution >= 4 is 21.9 Å². The summed E-state index contributed by atoms with van der Waals surface area (Å²) in [5.74, 6) is -0.121. The third-order valence-corrected chi connectivity index (χ3v) is 4.46. The SMILES string of the molecule is CC1(C)CC1CNCc1ccc(C(=O)O)cc1Br. The first-order chi connectivity index (χ1) is 8.40. The van der Waals surface area contributed by atoms with Gasteiger partial charge in [0.1, 0.15) is 0 Å². The lowest BCUT2D eigenvalue weighted by molar-refractivity contribution is 0.0697. The number of benzene rings is 1. The van der Waals surface area contributed by atoms with Gasteiger partial charge in [0.05, 0.1) is 5.56 Å². The second-order valence-corrected chi connectivity index (χ2v) is 6.49. The number of halogens is 1. The summed E-state index contributed by atoms with van der Waals surface area (Å²) < 4.78 is 0.852. The molecule has 1 fully saturated rings. The Morgan fingerprint density at radius 1 is 1.56 bits per heavy atom. The van der Waals surface area contributed by atoms with Crippen molar-refractivity contribution in [2.75, 3.05) is 6.54 Å². The minimum absolute atomic E-state index is 0.314. The van der Waals surface area contributed by atoms with E-state index >= 15 is 0 Å². The van der Waals surface area contributed by atoms with Crippen molar-refractivity contribution in [2.45, 2.75) is 26.8 Å². The molecule has 18 heavy (non-hydrogen) atoms. The molecule has 4 heteroatoms. The Hall–Kier alpha value is -0.870. The lowest BCUT2D eigenvalue weighted by atomic mass is 10.1. The Labute approximate surface area is 116 Å². The molecule has 2 N–H and O–H groups in total. The van der Waals surface area contributed by atoms with Gasteiger partial charge in [0, 0.05) is 11.0 Å². The van der Waals surface area contributed by atoms with Gasteiger partial charge in [0.15, 0.2) is 0 Å². The first kappa shape index (κ1) is 13.6. The van der Waals surface area contributed by atoms with Crippen LogP contribution in [0, 0.1) is 11.3 Å². The van der Waals surface area contributed by atoms with Gasteiger partial charge in [0.25, 0.3) is 0 Å². The number of carboxylic acid groups (broad SMARTS) is 1. The minimum atomic E-state index is -0.894. The maximum Gasteiger partial charge on any atom is 0.335 e. The van der Waals surface area contributed by atoms with Gasteiger partial charge >= 0.3 is 5.97 Å². The Morgan fingerprint density at radius 3 is 2.72 bits per heavy atom. The van der Waals surface area contributed by atoms with E-state index in [1.54, 1.807) is 12.1 Å². The second kappa shape index (κ2) is 5.02. The predicted molar refractivity (Wildman–Crippen MR) is 74.7 cm³/mol. The molecule has 1 aliphatic carbocycles. The number of carbonyl (C=O) groups is 1.